The molecule has 0 aliphatic heterocycles. The molecule has 1 aromatic heterocycles. The molecule has 1 aromatic rings. The number of hydrogen-bond acceptors (Lipinski definition) is 4. The molecule has 0 atom stereocenters. The van der Waals surface area contributed by atoms with Crippen molar-refractivity contribution < 1.29 is 4.79 Å². The molecule has 102 valence electrons. The predicted molar refractivity (Wildman–Crippen MR) is 75.5 cm³/mol. The minimum Gasteiger partial charge on any atom is -0.341 e. The number of aromatic nitrogens is 1. The largest absolute Gasteiger partial charge is 0.341 e. The van der Waals surface area contributed by atoms with Gasteiger partial charge in [-0.1, -0.05) is 12.8 Å². The number of thiazole rings is 1. The highest BCUT2D eigenvalue weighted by Crippen LogP contribution is 2.14. The van der Waals surface area contributed by atoms with Crippen molar-refractivity contribution in [3.05, 3.63) is 16.1 Å². The molecule has 0 spiro atoms. The summed E-state index contributed by atoms with van der Waals surface area (Å²) in [5.74, 6) is 0.216. The summed E-state index contributed by atoms with van der Waals surface area (Å²) in [6.07, 6.45) is 6.73. The molecule has 0 bridgehead atoms. The van der Waals surface area contributed by atoms with Crippen molar-refractivity contribution in [3.8, 4) is 0 Å². The van der Waals surface area contributed by atoms with Crippen LogP contribution in [0.5, 0.6) is 0 Å². The monoisotopic (exact) mass is 269 g/mol. The summed E-state index contributed by atoms with van der Waals surface area (Å²) in [6, 6.07) is 0. The molecular formula is C13H23N3OS. The van der Waals surface area contributed by atoms with Crippen molar-refractivity contribution in [3.63, 3.8) is 0 Å². The van der Waals surface area contributed by atoms with E-state index < -0.39 is 0 Å². The Kier molecular flexibility index (Phi) is 6.90. The van der Waals surface area contributed by atoms with Gasteiger partial charge in [-0.25, -0.2) is 4.98 Å². The van der Waals surface area contributed by atoms with Gasteiger partial charge in [0.2, 0.25) is 5.91 Å². The van der Waals surface area contributed by atoms with Gasteiger partial charge >= 0.3 is 0 Å². The van der Waals surface area contributed by atoms with Crippen LogP contribution in [0.25, 0.3) is 0 Å². The average Bonchev–Trinajstić information content (AvgIpc) is 2.74. The molecule has 1 heterocycles. The molecule has 18 heavy (non-hydrogen) atoms. The zero-order valence-electron chi connectivity index (χ0n) is 11.3. The Hall–Kier alpha value is -0.940. The van der Waals surface area contributed by atoms with E-state index in [1.165, 1.54) is 0 Å². The maximum atomic E-state index is 11.9. The molecule has 0 aliphatic carbocycles. The highest BCUT2D eigenvalue weighted by Gasteiger charge is 2.10. The van der Waals surface area contributed by atoms with Crippen LogP contribution < -0.4 is 5.73 Å². The molecule has 0 aliphatic rings. The van der Waals surface area contributed by atoms with E-state index in [0.29, 0.717) is 13.0 Å². The van der Waals surface area contributed by atoms with Gasteiger partial charge in [-0.05, 0) is 26.3 Å². The summed E-state index contributed by atoms with van der Waals surface area (Å²) in [7, 11) is 1.86. The second-order valence-corrected chi connectivity index (χ2v) is 5.87. The zero-order chi connectivity index (χ0) is 13.4. The van der Waals surface area contributed by atoms with Crippen molar-refractivity contribution in [2.45, 2.75) is 45.6 Å². The van der Waals surface area contributed by atoms with Crippen molar-refractivity contribution >= 4 is 17.2 Å². The molecule has 1 rings (SSSR count). The number of amides is 1. The summed E-state index contributed by atoms with van der Waals surface area (Å²) < 4.78 is 0. The first kappa shape index (κ1) is 15.1. The van der Waals surface area contributed by atoms with Crippen LogP contribution in [0.2, 0.25) is 0 Å². The van der Waals surface area contributed by atoms with Crippen LogP contribution in [0, 0.1) is 6.92 Å². The van der Waals surface area contributed by atoms with Gasteiger partial charge in [0.15, 0.2) is 0 Å². The van der Waals surface area contributed by atoms with Crippen LogP contribution in [0.15, 0.2) is 6.20 Å². The van der Waals surface area contributed by atoms with E-state index in [1.807, 2.05) is 20.2 Å². The molecule has 0 radical (unpaired) electrons. The fourth-order valence-corrected chi connectivity index (χ4v) is 2.61. The minimum absolute atomic E-state index is 0.216. The van der Waals surface area contributed by atoms with Gasteiger partial charge in [0.25, 0.3) is 0 Å². The molecule has 4 nitrogen and oxygen atoms in total. The maximum Gasteiger partial charge on any atom is 0.222 e. The fraction of sp³-hybridized carbons (Fsp3) is 0.692. The molecular weight excluding hydrogens is 246 g/mol. The van der Waals surface area contributed by atoms with Gasteiger partial charge in [0.05, 0.1) is 11.6 Å². The van der Waals surface area contributed by atoms with Crippen molar-refractivity contribution in [2.24, 2.45) is 5.73 Å². The van der Waals surface area contributed by atoms with Crippen LogP contribution in [0.3, 0.4) is 0 Å². The summed E-state index contributed by atoms with van der Waals surface area (Å²) >= 11 is 1.65. The number of hydrogen-bond donors (Lipinski definition) is 1. The second-order valence-electron chi connectivity index (χ2n) is 4.55. The van der Waals surface area contributed by atoms with Crippen LogP contribution in [-0.4, -0.2) is 29.4 Å². The Morgan fingerprint density at radius 3 is 2.72 bits per heavy atom. The summed E-state index contributed by atoms with van der Waals surface area (Å²) in [5.41, 5.74) is 5.43. The number of carbonyl (C=O) groups is 1. The fourth-order valence-electron chi connectivity index (χ4n) is 1.77. The Morgan fingerprint density at radius 1 is 1.39 bits per heavy atom. The molecule has 2 N–H and O–H groups in total. The van der Waals surface area contributed by atoms with Gasteiger partial charge in [-0.2, -0.15) is 0 Å². The second kappa shape index (κ2) is 8.21. The van der Waals surface area contributed by atoms with E-state index >= 15 is 0 Å². The lowest BCUT2D eigenvalue weighted by molar-refractivity contribution is -0.130. The number of carbonyl (C=O) groups excluding carboxylic acids is 1. The van der Waals surface area contributed by atoms with E-state index in [0.717, 1.165) is 42.1 Å². The Bertz CT molecular complexity index is 365. The number of rotatable bonds is 8. The SMILES string of the molecule is Cc1ncc(CN(C)C(=O)CCCCCCN)s1. The standard InChI is InChI=1S/C13H23N3OS/c1-11-15-9-12(18-11)10-16(2)13(17)7-5-3-4-6-8-14/h9H,3-8,10,14H2,1-2H3. The Labute approximate surface area is 113 Å². The van der Waals surface area contributed by atoms with Gasteiger partial charge in [-0.3, -0.25) is 4.79 Å². The first-order valence-electron chi connectivity index (χ1n) is 6.49. The number of nitrogens with zero attached hydrogens (tertiary/aromatic N) is 2. The van der Waals surface area contributed by atoms with Crippen molar-refractivity contribution in [1.82, 2.24) is 9.88 Å². The molecule has 0 unspecified atom stereocenters. The van der Waals surface area contributed by atoms with E-state index in [9.17, 15) is 4.79 Å². The lowest BCUT2D eigenvalue weighted by Crippen LogP contribution is -2.25. The topological polar surface area (TPSA) is 59.2 Å². The number of aryl methyl sites for hydroxylation is 1. The lowest BCUT2D eigenvalue weighted by Gasteiger charge is -2.15. The highest BCUT2D eigenvalue weighted by atomic mass is 32.1. The van der Waals surface area contributed by atoms with Gasteiger partial charge in [-0.15, -0.1) is 11.3 Å². The zero-order valence-corrected chi connectivity index (χ0v) is 12.1. The lowest BCUT2D eigenvalue weighted by atomic mass is 10.1. The van der Waals surface area contributed by atoms with E-state index in [2.05, 4.69) is 4.98 Å². The Balaban J connectivity index is 2.20. The van der Waals surface area contributed by atoms with Gasteiger partial charge in [0.1, 0.15) is 0 Å². The first-order chi connectivity index (χ1) is 8.63. The van der Waals surface area contributed by atoms with Gasteiger partial charge < -0.3 is 10.6 Å². The first-order valence-corrected chi connectivity index (χ1v) is 7.30. The van der Waals surface area contributed by atoms with Crippen molar-refractivity contribution in [2.75, 3.05) is 13.6 Å². The third kappa shape index (κ3) is 5.60. The van der Waals surface area contributed by atoms with Crippen LogP contribution in [0.1, 0.15) is 42.0 Å². The van der Waals surface area contributed by atoms with Crippen LogP contribution in [-0.2, 0) is 11.3 Å². The molecule has 0 saturated carbocycles. The summed E-state index contributed by atoms with van der Waals surface area (Å²) in [6.45, 7) is 3.40. The smallest absolute Gasteiger partial charge is 0.222 e. The molecule has 0 aromatic carbocycles. The van der Waals surface area contributed by atoms with E-state index in [4.69, 9.17) is 5.73 Å². The van der Waals surface area contributed by atoms with Crippen LogP contribution in [0.4, 0.5) is 0 Å². The third-order valence-corrected chi connectivity index (χ3v) is 3.73. The quantitative estimate of drug-likeness (QED) is 0.737. The number of unbranched alkanes of at least 4 members (excludes halogenated alkanes) is 3. The normalized spacial score (nSPS) is 10.6. The molecule has 5 heteroatoms. The van der Waals surface area contributed by atoms with Crippen LogP contribution >= 0.6 is 11.3 Å². The third-order valence-electron chi connectivity index (χ3n) is 2.83. The summed E-state index contributed by atoms with van der Waals surface area (Å²) in [5, 5.41) is 1.05. The van der Waals surface area contributed by atoms with E-state index in [-0.39, 0.29) is 5.91 Å². The van der Waals surface area contributed by atoms with E-state index in [1.54, 1.807) is 16.2 Å². The molecule has 0 fully saturated rings. The number of nitrogens with two attached hydrogens (primary N) is 1. The van der Waals surface area contributed by atoms with Gasteiger partial charge in [0, 0.05) is 24.5 Å². The maximum absolute atomic E-state index is 11.9. The molecule has 1 amide bonds. The summed E-state index contributed by atoms with van der Waals surface area (Å²) in [4.78, 5) is 19.0. The Morgan fingerprint density at radius 2 is 2.11 bits per heavy atom. The predicted octanol–water partition coefficient (Wildman–Crippen LogP) is 2.32. The molecule has 0 saturated heterocycles. The van der Waals surface area contributed by atoms with Crippen molar-refractivity contribution in [1.29, 1.82) is 0 Å². The minimum atomic E-state index is 0.216. The highest BCUT2D eigenvalue weighted by molar-refractivity contribution is 7.11. The average molecular weight is 269 g/mol.